The van der Waals surface area contributed by atoms with Gasteiger partial charge >= 0.3 is 0 Å². The lowest BCUT2D eigenvalue weighted by molar-refractivity contribution is 0.166. The van der Waals surface area contributed by atoms with Gasteiger partial charge in [-0.15, -0.1) is 11.6 Å². The highest BCUT2D eigenvalue weighted by Crippen LogP contribution is 2.11. The van der Waals surface area contributed by atoms with E-state index in [-0.39, 0.29) is 17.7 Å². The van der Waals surface area contributed by atoms with Crippen molar-refractivity contribution in [1.82, 2.24) is 0 Å². The van der Waals surface area contributed by atoms with Crippen LogP contribution in [0.3, 0.4) is 0 Å². The molecule has 14 heavy (non-hydrogen) atoms. The van der Waals surface area contributed by atoms with Gasteiger partial charge in [0.05, 0.1) is 6.10 Å². The number of hydrogen-bond donors (Lipinski definition) is 3. The Kier molecular flexibility index (Phi) is 4.20. The average molecular weight is 216 g/mol. The fourth-order valence-electron chi connectivity index (χ4n) is 1.15. The second-order valence-corrected chi connectivity index (χ2v) is 3.56. The van der Waals surface area contributed by atoms with Crippen LogP contribution in [0.5, 0.6) is 5.75 Å². The van der Waals surface area contributed by atoms with Gasteiger partial charge in [0.15, 0.2) is 0 Å². The minimum Gasteiger partial charge on any atom is -0.508 e. The molecule has 0 aromatic heterocycles. The first-order valence-electron chi connectivity index (χ1n) is 4.41. The third-order valence-electron chi connectivity index (χ3n) is 2.06. The van der Waals surface area contributed by atoms with Crippen LogP contribution in [0.4, 0.5) is 0 Å². The van der Waals surface area contributed by atoms with Crippen LogP contribution < -0.4 is 5.73 Å². The zero-order valence-electron chi connectivity index (χ0n) is 7.73. The predicted octanol–water partition coefficient (Wildman–Crippen LogP) is 0.862. The van der Waals surface area contributed by atoms with Crippen LogP contribution >= 0.6 is 11.6 Å². The van der Waals surface area contributed by atoms with Gasteiger partial charge in [-0.25, -0.2) is 0 Å². The molecule has 3 nitrogen and oxygen atoms in total. The minimum absolute atomic E-state index is 0.138. The van der Waals surface area contributed by atoms with Crippen molar-refractivity contribution >= 4 is 11.6 Å². The number of hydrogen-bond acceptors (Lipinski definition) is 3. The summed E-state index contributed by atoms with van der Waals surface area (Å²) in [7, 11) is 0. The molecule has 0 radical (unpaired) electrons. The third-order valence-corrected chi connectivity index (χ3v) is 2.38. The molecule has 0 spiro atoms. The highest BCUT2D eigenvalue weighted by molar-refractivity contribution is 6.18. The largest absolute Gasteiger partial charge is 0.508 e. The van der Waals surface area contributed by atoms with Gasteiger partial charge in [0.2, 0.25) is 0 Å². The molecule has 1 aromatic rings. The molecule has 0 aliphatic rings. The lowest BCUT2D eigenvalue weighted by atomic mass is 10.0. The molecular formula is C10H14ClNO2. The Labute approximate surface area is 88.1 Å². The Morgan fingerprint density at radius 2 is 1.86 bits per heavy atom. The molecular weight excluding hydrogens is 202 g/mol. The number of halogens is 1. The molecule has 0 heterocycles. The van der Waals surface area contributed by atoms with Gasteiger partial charge < -0.3 is 15.9 Å². The van der Waals surface area contributed by atoms with Crippen molar-refractivity contribution in [2.24, 2.45) is 5.73 Å². The summed E-state index contributed by atoms with van der Waals surface area (Å²) in [5, 5.41) is 18.4. The quantitative estimate of drug-likeness (QED) is 0.653. The molecule has 4 N–H and O–H groups in total. The predicted molar refractivity (Wildman–Crippen MR) is 56.5 cm³/mol. The van der Waals surface area contributed by atoms with Crippen molar-refractivity contribution in [2.45, 2.75) is 18.6 Å². The van der Waals surface area contributed by atoms with E-state index in [9.17, 15) is 5.11 Å². The summed E-state index contributed by atoms with van der Waals surface area (Å²) >= 11 is 5.47. The molecule has 0 saturated heterocycles. The molecule has 0 saturated carbocycles. The first kappa shape index (κ1) is 11.3. The molecule has 4 heteroatoms. The van der Waals surface area contributed by atoms with Crippen LogP contribution in [-0.4, -0.2) is 28.2 Å². The van der Waals surface area contributed by atoms with Crippen LogP contribution in [0.2, 0.25) is 0 Å². The van der Waals surface area contributed by atoms with Crippen LogP contribution in [-0.2, 0) is 6.42 Å². The second kappa shape index (κ2) is 5.20. The highest BCUT2D eigenvalue weighted by atomic mass is 35.5. The minimum atomic E-state index is -0.689. The van der Waals surface area contributed by atoms with Crippen molar-refractivity contribution in [3.8, 4) is 5.75 Å². The van der Waals surface area contributed by atoms with E-state index in [1.165, 1.54) is 0 Å². The summed E-state index contributed by atoms with van der Waals surface area (Å²) in [5.74, 6) is 0.361. The molecule has 0 fully saturated rings. The summed E-state index contributed by atoms with van der Waals surface area (Å²) in [6, 6.07) is 6.37. The lowest BCUT2D eigenvalue weighted by Gasteiger charge is -2.16. The Morgan fingerprint density at radius 1 is 1.29 bits per heavy atom. The first-order valence-corrected chi connectivity index (χ1v) is 4.94. The Hall–Kier alpha value is -0.770. The van der Waals surface area contributed by atoms with E-state index in [0.29, 0.717) is 6.42 Å². The van der Waals surface area contributed by atoms with Gasteiger partial charge in [-0.3, -0.25) is 0 Å². The maximum atomic E-state index is 9.34. The van der Waals surface area contributed by atoms with Crippen LogP contribution in [0.1, 0.15) is 5.56 Å². The number of aliphatic hydroxyl groups is 1. The number of aliphatic hydroxyl groups excluding tert-OH is 1. The van der Waals surface area contributed by atoms with E-state index in [0.717, 1.165) is 5.56 Å². The molecule has 78 valence electrons. The second-order valence-electron chi connectivity index (χ2n) is 3.26. The van der Waals surface area contributed by atoms with Crippen molar-refractivity contribution in [1.29, 1.82) is 0 Å². The first-order chi connectivity index (χ1) is 6.63. The fourth-order valence-corrected chi connectivity index (χ4v) is 1.38. The zero-order valence-corrected chi connectivity index (χ0v) is 8.48. The summed E-state index contributed by atoms with van der Waals surface area (Å²) in [6.07, 6.45) is -0.140. The van der Waals surface area contributed by atoms with Crippen molar-refractivity contribution in [3.63, 3.8) is 0 Å². The Balaban J connectivity index is 2.56. The summed E-state index contributed by atoms with van der Waals surface area (Å²) in [5.41, 5.74) is 6.67. The number of aromatic hydroxyl groups is 1. The monoisotopic (exact) mass is 215 g/mol. The van der Waals surface area contributed by atoms with Crippen LogP contribution in [0, 0.1) is 0 Å². The number of benzene rings is 1. The van der Waals surface area contributed by atoms with E-state index in [4.69, 9.17) is 22.4 Å². The summed E-state index contributed by atoms with van der Waals surface area (Å²) in [4.78, 5) is 0. The normalized spacial score (nSPS) is 15.1. The number of phenolic OH excluding ortho intramolecular Hbond substituents is 1. The maximum Gasteiger partial charge on any atom is 0.115 e. The van der Waals surface area contributed by atoms with Crippen molar-refractivity contribution in [2.75, 3.05) is 5.88 Å². The number of alkyl halides is 1. The topological polar surface area (TPSA) is 66.5 Å². The van der Waals surface area contributed by atoms with E-state index < -0.39 is 6.10 Å². The zero-order chi connectivity index (χ0) is 10.6. The van der Waals surface area contributed by atoms with Gasteiger partial charge in [0.1, 0.15) is 5.75 Å². The molecule has 2 atom stereocenters. The van der Waals surface area contributed by atoms with Crippen LogP contribution in [0.15, 0.2) is 24.3 Å². The van der Waals surface area contributed by atoms with Crippen LogP contribution in [0.25, 0.3) is 0 Å². The van der Waals surface area contributed by atoms with Gasteiger partial charge in [-0.2, -0.15) is 0 Å². The average Bonchev–Trinajstić information content (AvgIpc) is 2.20. The Morgan fingerprint density at radius 3 is 2.36 bits per heavy atom. The van der Waals surface area contributed by atoms with Crippen molar-refractivity contribution in [3.05, 3.63) is 29.8 Å². The third kappa shape index (κ3) is 3.18. The van der Waals surface area contributed by atoms with E-state index in [2.05, 4.69) is 0 Å². The van der Waals surface area contributed by atoms with E-state index >= 15 is 0 Å². The summed E-state index contributed by atoms with van der Waals surface area (Å²) < 4.78 is 0. The lowest BCUT2D eigenvalue weighted by Crippen LogP contribution is -2.37. The molecule has 1 rings (SSSR count). The highest BCUT2D eigenvalue weighted by Gasteiger charge is 2.13. The molecule has 1 unspecified atom stereocenters. The van der Waals surface area contributed by atoms with Crippen molar-refractivity contribution < 1.29 is 10.2 Å². The Bertz CT molecular complexity index is 276. The van der Waals surface area contributed by atoms with E-state index in [1.54, 1.807) is 24.3 Å². The van der Waals surface area contributed by atoms with Gasteiger partial charge in [0.25, 0.3) is 0 Å². The molecule has 1 aromatic carbocycles. The molecule has 0 bridgehead atoms. The smallest absolute Gasteiger partial charge is 0.115 e. The van der Waals surface area contributed by atoms with Gasteiger partial charge in [-0.05, 0) is 24.1 Å². The van der Waals surface area contributed by atoms with E-state index in [1.807, 2.05) is 0 Å². The number of rotatable bonds is 4. The maximum absolute atomic E-state index is 9.34. The SMILES string of the molecule is NC(Cc1ccc(O)cc1)[C@H](O)CCl. The number of nitrogens with two attached hydrogens (primary N) is 1. The standard InChI is InChI=1S/C10H14ClNO2/c11-6-10(14)9(12)5-7-1-3-8(13)4-2-7/h1-4,9-10,13-14H,5-6,12H2/t9?,10-/m1/s1. The van der Waals surface area contributed by atoms with Gasteiger partial charge in [0, 0.05) is 11.9 Å². The molecule has 0 aliphatic heterocycles. The summed E-state index contributed by atoms with van der Waals surface area (Å²) in [6.45, 7) is 0. The molecule has 0 aliphatic carbocycles. The fraction of sp³-hybridized carbons (Fsp3) is 0.400. The number of phenols is 1. The van der Waals surface area contributed by atoms with Gasteiger partial charge in [-0.1, -0.05) is 12.1 Å². The molecule has 0 amide bonds.